The van der Waals surface area contributed by atoms with E-state index in [9.17, 15) is 0 Å². The van der Waals surface area contributed by atoms with Gasteiger partial charge in [-0.3, -0.25) is 0 Å². The van der Waals surface area contributed by atoms with Crippen LogP contribution in [-0.2, 0) is 46.3 Å². The molecule has 0 aliphatic heterocycles. The zero-order valence-corrected chi connectivity index (χ0v) is 18.0. The van der Waals surface area contributed by atoms with Crippen molar-refractivity contribution in [3.8, 4) is 0 Å². The number of hydrogen-bond acceptors (Lipinski definition) is 6. The Labute approximate surface area is 180 Å². The monoisotopic (exact) mass is 575 g/mol. The molecule has 0 aliphatic carbocycles. The number of pyridine rings is 2. The van der Waals surface area contributed by atoms with Gasteiger partial charge in [-0.05, 0) is 17.5 Å². The first-order valence-electron chi connectivity index (χ1n) is 7.10. The Hall–Kier alpha value is -1.17. The first kappa shape index (κ1) is 18.6. The third-order valence-electron chi connectivity index (χ3n) is 3.92. The molecule has 0 fully saturated rings. The van der Waals surface area contributed by atoms with Crippen LogP contribution in [0.15, 0.2) is 48.5 Å². The summed E-state index contributed by atoms with van der Waals surface area (Å²) in [5.74, 6) is 0. The fourth-order valence-corrected chi connectivity index (χ4v) is 3.26. The molecule has 4 rings (SSSR count). The summed E-state index contributed by atoms with van der Waals surface area (Å²) < 4.78 is 0.712. The molecule has 0 spiro atoms. The largest absolute Gasteiger partial charge is 2.00 e. The third-order valence-corrected chi connectivity index (χ3v) is 4.75. The Morgan fingerprint density at radius 2 is 1.00 bits per heavy atom. The first-order chi connectivity index (χ1) is 11.5. The van der Waals surface area contributed by atoms with Gasteiger partial charge in [0.15, 0.2) is 0 Å². The number of rotatable bonds is 2. The molecule has 0 amide bonds. The average Bonchev–Trinajstić information content (AvgIpc) is 2.59. The number of hydrogen-bond donors (Lipinski definition) is 0. The quantitative estimate of drug-likeness (QED) is 0.200. The van der Waals surface area contributed by atoms with Crippen molar-refractivity contribution in [2.24, 2.45) is 0 Å². The van der Waals surface area contributed by atoms with E-state index in [0.29, 0.717) is 19.8 Å². The van der Waals surface area contributed by atoms with Crippen molar-refractivity contribution in [1.82, 2.24) is 9.97 Å². The van der Waals surface area contributed by atoms with Crippen molar-refractivity contribution in [2.75, 3.05) is 0 Å². The molecule has 0 radical (unpaired) electrons. The Bertz CT molecular complexity index is 1090. The minimum atomic E-state index is 0. The van der Waals surface area contributed by atoms with Gasteiger partial charge in [-0.25, -0.2) is 9.97 Å². The van der Waals surface area contributed by atoms with E-state index >= 15 is 0 Å². The number of fused-ring (bicyclic) bond motifs is 5. The van der Waals surface area contributed by atoms with Crippen LogP contribution in [0.1, 0.15) is 11.4 Å². The van der Waals surface area contributed by atoms with Crippen LogP contribution in [-0.4, -0.2) is 18.4 Å². The molecule has 2 aromatic carbocycles. The van der Waals surface area contributed by atoms with Gasteiger partial charge in [0.2, 0.25) is 0 Å². The summed E-state index contributed by atoms with van der Waals surface area (Å²) in [6.45, 7) is 0. The zero-order chi connectivity index (χ0) is 16.8. The maximum Gasteiger partial charge on any atom is 2.00 e. The molecule has 0 bridgehead atoms. The van der Waals surface area contributed by atoms with Crippen molar-refractivity contribution < 1.29 is 21.1 Å². The van der Waals surface area contributed by atoms with E-state index in [1.807, 2.05) is 36.4 Å². The summed E-state index contributed by atoms with van der Waals surface area (Å²) in [6, 6.07) is 15.9. The summed E-state index contributed by atoms with van der Waals surface area (Å²) in [7, 11) is 0. The van der Waals surface area contributed by atoms with E-state index in [2.05, 4.69) is 22.1 Å². The van der Waals surface area contributed by atoms with Gasteiger partial charge in [0, 0.05) is 16.2 Å². The van der Waals surface area contributed by atoms with E-state index in [1.165, 1.54) is 0 Å². The van der Waals surface area contributed by atoms with E-state index in [4.69, 9.17) is 49.7 Å². The number of aromatic nitrogens is 2. The molecule has 0 atom stereocenters. The third kappa shape index (κ3) is 3.29. The van der Waals surface area contributed by atoms with Gasteiger partial charge in [0.05, 0.1) is 22.4 Å². The summed E-state index contributed by atoms with van der Waals surface area (Å²) in [5, 5.41) is 4.04. The van der Waals surface area contributed by atoms with Crippen LogP contribution >= 0.6 is 24.4 Å². The fourth-order valence-electron chi connectivity index (χ4n) is 2.80. The van der Waals surface area contributed by atoms with Gasteiger partial charge in [0.1, 0.15) is 0 Å². The Morgan fingerprint density at radius 3 is 1.40 bits per heavy atom. The minimum absolute atomic E-state index is 0. The van der Waals surface area contributed by atoms with Crippen molar-refractivity contribution in [1.29, 1.82) is 0 Å². The summed E-state index contributed by atoms with van der Waals surface area (Å²) >= 11 is 20.4. The fraction of sp³-hybridized carbons (Fsp3) is 0. The molecule has 25 heavy (non-hydrogen) atoms. The second kappa shape index (κ2) is 7.21. The van der Waals surface area contributed by atoms with Crippen LogP contribution < -0.4 is 0 Å². The van der Waals surface area contributed by atoms with Crippen molar-refractivity contribution in [3.63, 3.8) is 0 Å². The number of nitrogens with zero attached hydrogens (tertiary/aromatic N) is 2. The zero-order valence-electron chi connectivity index (χ0n) is 12.5. The second-order valence-electron chi connectivity index (χ2n) is 5.34. The summed E-state index contributed by atoms with van der Waals surface area (Å²) in [4.78, 5) is 9.37. The molecule has 0 saturated carbocycles. The molecule has 2 nitrogen and oxygen atoms in total. The van der Waals surface area contributed by atoms with Gasteiger partial charge in [-0.1, -0.05) is 36.4 Å². The van der Waals surface area contributed by atoms with Crippen molar-refractivity contribution >= 4 is 90.7 Å². The van der Waals surface area contributed by atoms with Crippen molar-refractivity contribution in [3.05, 3.63) is 59.9 Å². The van der Waals surface area contributed by atoms with E-state index in [1.54, 1.807) is 0 Å². The molecular formula is C18H8N2PtS4. The standard InChI is InChI=1S/C18H10N2S4.Pt/c21-17(22)12-7-5-10-3-1-9-2-4-11-6-8-13(18(23)24)20-16(11)14(9)15(10)19-12;/h1-8H,(H,21,22)(H,23,24);/q;+2/p-2. The molecule has 0 saturated heterocycles. The molecule has 0 unspecified atom stereocenters. The average molecular weight is 576 g/mol. The molecule has 2 aromatic heterocycles. The van der Waals surface area contributed by atoms with Crippen LogP contribution in [0.5, 0.6) is 0 Å². The Kier molecular flexibility index (Phi) is 5.37. The van der Waals surface area contributed by atoms with Gasteiger partial charge >= 0.3 is 21.1 Å². The molecule has 0 N–H and O–H groups in total. The normalized spacial score (nSPS) is 10.7. The maximum absolute atomic E-state index is 5.10. The predicted octanol–water partition coefficient (Wildman–Crippen LogP) is 4.38. The van der Waals surface area contributed by atoms with Crippen LogP contribution in [0, 0.1) is 0 Å². The van der Waals surface area contributed by atoms with Crippen LogP contribution in [0.2, 0.25) is 0 Å². The molecule has 2 heterocycles. The molecule has 124 valence electrons. The van der Waals surface area contributed by atoms with Gasteiger partial charge < -0.3 is 49.7 Å². The Morgan fingerprint density at radius 1 is 0.640 bits per heavy atom. The number of benzene rings is 2. The first-order valence-corrected chi connectivity index (χ1v) is 8.74. The van der Waals surface area contributed by atoms with Gasteiger partial charge in [0.25, 0.3) is 0 Å². The van der Waals surface area contributed by atoms with Crippen LogP contribution in [0.4, 0.5) is 0 Å². The van der Waals surface area contributed by atoms with Crippen LogP contribution in [0.3, 0.4) is 0 Å². The van der Waals surface area contributed by atoms with Crippen LogP contribution in [0.25, 0.3) is 32.6 Å². The number of thiocarbonyl (C=S) groups is 2. The van der Waals surface area contributed by atoms with Gasteiger partial charge in [-0.2, -0.15) is 0 Å². The molecular weight excluding hydrogens is 568 g/mol. The maximum atomic E-state index is 5.10. The minimum Gasteiger partial charge on any atom is -0.427 e. The summed E-state index contributed by atoms with van der Waals surface area (Å²) in [5.41, 5.74) is 2.93. The molecule has 4 aromatic rings. The van der Waals surface area contributed by atoms with E-state index < -0.39 is 0 Å². The second-order valence-corrected chi connectivity index (χ2v) is 7.49. The Balaban J connectivity index is 0.00000182. The SMILES string of the molecule is S=C([S-])c1ccc2ccc3ccc4ccc(C(=S)[S-])nc4c3c2n1.[Pt+2]. The van der Waals surface area contributed by atoms with E-state index in [-0.39, 0.29) is 21.1 Å². The van der Waals surface area contributed by atoms with Crippen molar-refractivity contribution in [2.45, 2.75) is 0 Å². The predicted molar refractivity (Wildman–Crippen MR) is 113 cm³/mol. The molecule has 0 aliphatic rings. The smallest absolute Gasteiger partial charge is 0.427 e. The topological polar surface area (TPSA) is 25.8 Å². The van der Waals surface area contributed by atoms with E-state index in [0.717, 1.165) is 32.6 Å². The summed E-state index contributed by atoms with van der Waals surface area (Å²) in [6.07, 6.45) is 0. The van der Waals surface area contributed by atoms with Gasteiger partial charge in [-0.15, -0.1) is 8.39 Å². The molecule has 7 heteroatoms.